The Kier molecular flexibility index (Phi) is 3.05. The van der Waals surface area contributed by atoms with Gasteiger partial charge in [-0.2, -0.15) is 8.42 Å². The summed E-state index contributed by atoms with van der Waals surface area (Å²) in [5.41, 5.74) is 0.856. The number of aromatic nitrogens is 1. The Morgan fingerprint density at radius 1 is 1.39 bits per heavy atom. The molecule has 1 aromatic heterocycles. The van der Waals surface area contributed by atoms with Crippen molar-refractivity contribution in [2.75, 3.05) is 6.54 Å². The quantitative estimate of drug-likeness (QED) is 0.495. The number of fused-ring (bicyclic) bond motifs is 1. The highest BCUT2D eigenvalue weighted by Crippen LogP contribution is 2.29. The fourth-order valence-electron chi connectivity index (χ4n) is 1.85. The van der Waals surface area contributed by atoms with Gasteiger partial charge < -0.3 is 4.98 Å². The van der Waals surface area contributed by atoms with Crippen molar-refractivity contribution in [1.82, 2.24) is 4.98 Å². The van der Waals surface area contributed by atoms with Crippen molar-refractivity contribution in [3.05, 3.63) is 46.1 Å². The van der Waals surface area contributed by atoms with Gasteiger partial charge in [0, 0.05) is 27.6 Å². The molecule has 0 radical (unpaired) electrons. The molecule has 0 aliphatic carbocycles. The highest BCUT2D eigenvalue weighted by atomic mass is 32.2. The number of nitrogens with zero attached hydrogens (tertiary/aromatic N) is 1. The van der Waals surface area contributed by atoms with E-state index in [2.05, 4.69) is 4.98 Å². The van der Waals surface area contributed by atoms with E-state index < -0.39 is 26.8 Å². The van der Waals surface area contributed by atoms with Crippen LogP contribution >= 0.6 is 0 Å². The van der Waals surface area contributed by atoms with Crippen LogP contribution in [0, 0.1) is 10.1 Å². The Labute approximate surface area is 102 Å². The van der Waals surface area contributed by atoms with Crippen molar-refractivity contribution in [3.63, 3.8) is 0 Å². The van der Waals surface area contributed by atoms with Gasteiger partial charge in [0.15, 0.2) is 5.25 Å². The lowest BCUT2D eigenvalue weighted by atomic mass is 10.1. The summed E-state index contributed by atoms with van der Waals surface area (Å²) in [6.45, 7) is -0.874. The Balaban J connectivity index is 2.58. The summed E-state index contributed by atoms with van der Waals surface area (Å²) in [4.78, 5) is 12.6. The second-order valence-corrected chi connectivity index (χ2v) is 5.41. The van der Waals surface area contributed by atoms with Gasteiger partial charge in [-0.05, 0) is 6.07 Å². The van der Waals surface area contributed by atoms with Crippen LogP contribution in [0.1, 0.15) is 10.8 Å². The van der Waals surface area contributed by atoms with Crippen molar-refractivity contribution in [2.24, 2.45) is 0 Å². The highest BCUT2D eigenvalue weighted by molar-refractivity contribution is 7.86. The van der Waals surface area contributed by atoms with Crippen molar-refractivity contribution in [2.45, 2.75) is 5.25 Å². The van der Waals surface area contributed by atoms with E-state index in [4.69, 9.17) is 4.55 Å². The van der Waals surface area contributed by atoms with Crippen molar-refractivity contribution in [3.8, 4) is 0 Å². The second-order valence-electron chi connectivity index (χ2n) is 3.81. The molecule has 2 rings (SSSR count). The van der Waals surface area contributed by atoms with Crippen LogP contribution in [0.25, 0.3) is 10.9 Å². The molecule has 1 atom stereocenters. The third-order valence-electron chi connectivity index (χ3n) is 2.64. The Morgan fingerprint density at radius 3 is 2.67 bits per heavy atom. The zero-order valence-corrected chi connectivity index (χ0v) is 9.92. The van der Waals surface area contributed by atoms with E-state index in [9.17, 15) is 18.5 Å². The van der Waals surface area contributed by atoms with Gasteiger partial charge in [0.1, 0.15) is 0 Å². The van der Waals surface area contributed by atoms with Crippen molar-refractivity contribution < 1.29 is 17.9 Å². The molecule has 96 valence electrons. The van der Waals surface area contributed by atoms with Crippen LogP contribution in [0.5, 0.6) is 0 Å². The van der Waals surface area contributed by atoms with Gasteiger partial charge in [-0.25, -0.2) is 0 Å². The molecule has 0 fully saturated rings. The largest absolute Gasteiger partial charge is 0.361 e. The minimum Gasteiger partial charge on any atom is -0.361 e. The number of hydrogen-bond acceptors (Lipinski definition) is 4. The zero-order valence-electron chi connectivity index (χ0n) is 9.11. The lowest BCUT2D eigenvalue weighted by Crippen LogP contribution is -2.20. The number of H-pyrrole nitrogens is 1. The molecule has 0 aliphatic rings. The third-order valence-corrected chi connectivity index (χ3v) is 3.76. The summed E-state index contributed by atoms with van der Waals surface area (Å²) in [7, 11) is -4.54. The normalized spacial score (nSPS) is 13.6. The number of benzene rings is 1. The molecule has 18 heavy (non-hydrogen) atoms. The second kappa shape index (κ2) is 4.39. The van der Waals surface area contributed by atoms with Crippen molar-refractivity contribution >= 4 is 21.0 Å². The molecule has 0 saturated heterocycles. The number of nitro groups is 1. The van der Waals surface area contributed by atoms with Gasteiger partial charge >= 0.3 is 0 Å². The number of para-hydroxylation sites is 1. The fraction of sp³-hybridized carbons (Fsp3) is 0.200. The first-order chi connectivity index (χ1) is 8.39. The maximum absolute atomic E-state index is 11.2. The SMILES string of the molecule is O=[N+]([O-])C[C@H](c1c[nH]c2ccccc12)S(=O)(=O)O. The van der Waals surface area contributed by atoms with Gasteiger partial charge in [0.2, 0.25) is 6.54 Å². The van der Waals surface area contributed by atoms with E-state index in [1.807, 2.05) is 0 Å². The van der Waals surface area contributed by atoms with Gasteiger partial charge in [-0.1, -0.05) is 18.2 Å². The molecule has 0 saturated carbocycles. The molecule has 0 bridgehead atoms. The van der Waals surface area contributed by atoms with Crippen LogP contribution in [0.4, 0.5) is 0 Å². The first kappa shape index (κ1) is 12.5. The summed E-state index contributed by atoms with van der Waals surface area (Å²) in [5.74, 6) is 0. The van der Waals surface area contributed by atoms with E-state index in [-0.39, 0.29) is 5.56 Å². The topological polar surface area (TPSA) is 113 Å². The molecule has 0 spiro atoms. The molecular formula is C10H10N2O5S. The Morgan fingerprint density at radius 2 is 2.06 bits per heavy atom. The van der Waals surface area contributed by atoms with Crippen LogP contribution in [-0.4, -0.2) is 29.4 Å². The number of nitrogens with one attached hydrogen (secondary N) is 1. The summed E-state index contributed by atoms with van der Waals surface area (Å²) >= 11 is 0. The molecule has 2 aromatic rings. The maximum Gasteiger partial charge on any atom is 0.278 e. The minimum absolute atomic E-state index is 0.199. The average Bonchev–Trinajstić information content (AvgIpc) is 2.67. The van der Waals surface area contributed by atoms with Gasteiger partial charge in [0.25, 0.3) is 10.1 Å². The molecule has 0 amide bonds. The molecule has 0 aliphatic heterocycles. The van der Waals surface area contributed by atoms with Gasteiger partial charge in [-0.3, -0.25) is 14.7 Å². The van der Waals surface area contributed by atoms with E-state index >= 15 is 0 Å². The lowest BCUT2D eigenvalue weighted by Gasteiger charge is -2.08. The molecular weight excluding hydrogens is 260 g/mol. The summed E-state index contributed by atoms with van der Waals surface area (Å²) < 4.78 is 31.6. The lowest BCUT2D eigenvalue weighted by molar-refractivity contribution is -0.480. The monoisotopic (exact) mass is 270 g/mol. The smallest absolute Gasteiger partial charge is 0.278 e. The number of rotatable bonds is 4. The van der Waals surface area contributed by atoms with Crippen LogP contribution in [0.2, 0.25) is 0 Å². The van der Waals surface area contributed by atoms with Crippen molar-refractivity contribution in [1.29, 1.82) is 0 Å². The molecule has 0 unspecified atom stereocenters. The predicted octanol–water partition coefficient (Wildman–Crippen LogP) is 1.37. The summed E-state index contributed by atoms with van der Waals surface area (Å²) in [6, 6.07) is 6.79. The van der Waals surface area contributed by atoms with E-state index in [0.29, 0.717) is 10.9 Å². The summed E-state index contributed by atoms with van der Waals surface area (Å²) in [5, 5.41) is 9.48. The van der Waals surface area contributed by atoms with Gasteiger partial charge in [-0.15, -0.1) is 0 Å². The molecule has 1 aromatic carbocycles. The maximum atomic E-state index is 11.2. The van der Waals surface area contributed by atoms with Crippen LogP contribution in [-0.2, 0) is 10.1 Å². The number of hydrogen-bond donors (Lipinski definition) is 2. The standard InChI is InChI=1S/C10H10N2O5S/c13-12(14)6-10(18(15,16)17)8-5-11-9-4-2-1-3-7(8)9/h1-5,10-11H,6H2,(H,15,16,17)/t10-/m1/s1. The first-order valence-corrected chi connectivity index (χ1v) is 6.54. The number of aromatic amines is 1. The molecule has 7 nitrogen and oxygen atoms in total. The van der Waals surface area contributed by atoms with Crippen LogP contribution < -0.4 is 0 Å². The van der Waals surface area contributed by atoms with E-state index in [1.54, 1.807) is 24.3 Å². The molecule has 1 heterocycles. The highest BCUT2D eigenvalue weighted by Gasteiger charge is 2.32. The Hall–Kier alpha value is -1.93. The zero-order chi connectivity index (χ0) is 13.3. The summed E-state index contributed by atoms with van der Waals surface area (Å²) in [6.07, 6.45) is 1.37. The average molecular weight is 270 g/mol. The third kappa shape index (κ3) is 2.34. The molecule has 8 heteroatoms. The first-order valence-electron chi connectivity index (χ1n) is 5.03. The van der Waals surface area contributed by atoms with E-state index in [1.165, 1.54) is 6.20 Å². The Bertz CT molecular complexity index is 691. The van der Waals surface area contributed by atoms with Crippen LogP contribution in [0.3, 0.4) is 0 Å². The fourth-order valence-corrected chi connectivity index (χ4v) is 2.67. The van der Waals surface area contributed by atoms with E-state index in [0.717, 1.165) is 0 Å². The predicted molar refractivity (Wildman–Crippen MR) is 64.4 cm³/mol. The molecule has 2 N–H and O–H groups in total. The minimum atomic E-state index is -4.54. The van der Waals surface area contributed by atoms with Gasteiger partial charge in [0.05, 0.1) is 0 Å². The van der Waals surface area contributed by atoms with Crippen LogP contribution in [0.15, 0.2) is 30.5 Å².